The zero-order valence-corrected chi connectivity index (χ0v) is 15.4. The van der Waals surface area contributed by atoms with Crippen LogP contribution in [0.2, 0.25) is 0 Å². The number of aromatic hydroxyl groups is 1. The Kier molecular flexibility index (Phi) is 4.45. The van der Waals surface area contributed by atoms with E-state index in [1.807, 2.05) is 12.1 Å². The number of rotatable bonds is 3. The summed E-state index contributed by atoms with van der Waals surface area (Å²) in [5, 5.41) is 9.70. The van der Waals surface area contributed by atoms with Gasteiger partial charge in [-0.25, -0.2) is 0 Å². The fourth-order valence-electron chi connectivity index (χ4n) is 4.82. The summed E-state index contributed by atoms with van der Waals surface area (Å²) < 4.78 is 0. The van der Waals surface area contributed by atoms with E-state index in [1.54, 1.807) is 13.0 Å². The van der Waals surface area contributed by atoms with E-state index in [0.29, 0.717) is 17.6 Å². The molecule has 26 heavy (non-hydrogen) atoms. The normalized spacial score (nSPS) is 25.5. The highest BCUT2D eigenvalue weighted by atomic mass is 16.3. The summed E-state index contributed by atoms with van der Waals surface area (Å²) in [6.07, 6.45) is 0. The number of phenolic OH excluding ortho intramolecular Hbond substituents is 1. The molecule has 2 aliphatic heterocycles. The summed E-state index contributed by atoms with van der Waals surface area (Å²) in [5.41, 5.74) is 3.69. The Morgan fingerprint density at radius 3 is 2.65 bits per heavy atom. The van der Waals surface area contributed by atoms with Crippen LogP contribution >= 0.6 is 0 Å². The van der Waals surface area contributed by atoms with Crippen molar-refractivity contribution < 1.29 is 9.90 Å². The van der Waals surface area contributed by atoms with Gasteiger partial charge in [-0.3, -0.25) is 9.69 Å². The number of amides is 1. The molecule has 2 saturated heterocycles. The molecule has 0 unspecified atom stereocenters. The molecule has 0 aliphatic carbocycles. The molecule has 136 valence electrons. The zero-order valence-electron chi connectivity index (χ0n) is 15.4. The van der Waals surface area contributed by atoms with E-state index in [0.717, 1.165) is 31.7 Å². The summed E-state index contributed by atoms with van der Waals surface area (Å²) in [4.78, 5) is 16.8. The van der Waals surface area contributed by atoms with Crippen molar-refractivity contribution in [2.24, 2.45) is 11.8 Å². The van der Waals surface area contributed by atoms with Gasteiger partial charge in [-0.15, -0.1) is 0 Å². The second-order valence-corrected chi connectivity index (χ2v) is 7.76. The lowest BCUT2D eigenvalue weighted by molar-refractivity contribution is -0.130. The minimum atomic E-state index is 0.173. The van der Waals surface area contributed by atoms with Gasteiger partial charge in [0.25, 0.3) is 0 Å². The SMILES string of the molecule is CC(=O)N1C[C@H]2CN(Cc3cccc(O)c3)C[C@H]2[C@@H]1c1ccccc1C. The molecule has 1 amide bonds. The fourth-order valence-corrected chi connectivity index (χ4v) is 4.82. The monoisotopic (exact) mass is 350 g/mol. The van der Waals surface area contributed by atoms with Gasteiger partial charge in [0.1, 0.15) is 5.75 Å². The molecule has 0 spiro atoms. The van der Waals surface area contributed by atoms with E-state index in [9.17, 15) is 9.90 Å². The van der Waals surface area contributed by atoms with Crippen LogP contribution in [0, 0.1) is 18.8 Å². The second-order valence-electron chi connectivity index (χ2n) is 7.76. The topological polar surface area (TPSA) is 43.8 Å². The third kappa shape index (κ3) is 3.10. The maximum absolute atomic E-state index is 12.3. The molecular weight excluding hydrogens is 324 g/mol. The van der Waals surface area contributed by atoms with Gasteiger partial charge in [0.15, 0.2) is 0 Å². The Labute approximate surface area is 155 Å². The van der Waals surface area contributed by atoms with Crippen molar-refractivity contribution in [1.82, 2.24) is 9.80 Å². The number of hydrogen-bond donors (Lipinski definition) is 1. The fraction of sp³-hybridized carbons (Fsp3) is 0.409. The van der Waals surface area contributed by atoms with E-state index in [1.165, 1.54) is 11.1 Å². The van der Waals surface area contributed by atoms with Crippen LogP contribution in [0.3, 0.4) is 0 Å². The minimum absolute atomic E-state index is 0.173. The molecule has 2 aliphatic rings. The van der Waals surface area contributed by atoms with E-state index < -0.39 is 0 Å². The summed E-state index contributed by atoms with van der Waals surface area (Å²) in [6, 6.07) is 16.1. The lowest BCUT2D eigenvalue weighted by Gasteiger charge is -2.30. The van der Waals surface area contributed by atoms with Crippen molar-refractivity contribution >= 4 is 5.91 Å². The van der Waals surface area contributed by atoms with E-state index in [-0.39, 0.29) is 11.9 Å². The van der Waals surface area contributed by atoms with Gasteiger partial charge in [0.05, 0.1) is 6.04 Å². The van der Waals surface area contributed by atoms with Crippen LogP contribution in [0.5, 0.6) is 5.75 Å². The molecule has 3 atom stereocenters. The van der Waals surface area contributed by atoms with Gasteiger partial charge >= 0.3 is 0 Å². The van der Waals surface area contributed by atoms with Crippen molar-refractivity contribution in [3.05, 3.63) is 65.2 Å². The first-order valence-electron chi connectivity index (χ1n) is 9.36. The molecule has 4 rings (SSSR count). The van der Waals surface area contributed by atoms with Gasteiger partial charge < -0.3 is 10.0 Å². The first-order valence-corrected chi connectivity index (χ1v) is 9.36. The highest BCUT2D eigenvalue weighted by Gasteiger charge is 2.48. The predicted octanol–water partition coefficient (Wildman–Crippen LogP) is 3.35. The third-order valence-corrected chi connectivity index (χ3v) is 5.97. The Balaban J connectivity index is 1.57. The molecule has 0 bridgehead atoms. The molecule has 0 radical (unpaired) electrons. The van der Waals surface area contributed by atoms with Crippen LogP contribution in [-0.2, 0) is 11.3 Å². The van der Waals surface area contributed by atoms with E-state index in [2.05, 4.69) is 47.1 Å². The number of hydrogen-bond acceptors (Lipinski definition) is 3. The molecule has 4 heteroatoms. The quantitative estimate of drug-likeness (QED) is 0.923. The predicted molar refractivity (Wildman–Crippen MR) is 102 cm³/mol. The number of phenols is 1. The van der Waals surface area contributed by atoms with Gasteiger partial charge in [0, 0.05) is 39.0 Å². The molecule has 0 aromatic heterocycles. The number of carbonyl (C=O) groups excluding carboxylic acids is 1. The van der Waals surface area contributed by atoms with Gasteiger partial charge in [-0.1, -0.05) is 36.4 Å². The Morgan fingerprint density at radius 1 is 1.12 bits per heavy atom. The standard InChI is InChI=1S/C22H26N2O2/c1-15-6-3-4-9-20(15)22-21-14-23(11-17-7-5-8-19(26)10-17)12-18(21)13-24(22)16(2)25/h3-10,18,21-22,26H,11-14H2,1-2H3/t18-,21-,22+/m1/s1. The number of aryl methyl sites for hydroxylation is 1. The summed E-state index contributed by atoms with van der Waals surface area (Å²) in [7, 11) is 0. The van der Waals surface area contributed by atoms with Crippen molar-refractivity contribution in [3.8, 4) is 5.75 Å². The maximum Gasteiger partial charge on any atom is 0.219 e. The van der Waals surface area contributed by atoms with Crippen LogP contribution in [0.4, 0.5) is 0 Å². The highest BCUT2D eigenvalue weighted by Crippen LogP contribution is 2.46. The summed E-state index contributed by atoms with van der Waals surface area (Å²) >= 11 is 0. The number of fused-ring (bicyclic) bond motifs is 1. The summed E-state index contributed by atoms with van der Waals surface area (Å²) in [5.74, 6) is 1.48. The third-order valence-electron chi connectivity index (χ3n) is 5.97. The molecule has 2 heterocycles. The number of benzene rings is 2. The molecule has 1 N–H and O–H groups in total. The second kappa shape index (κ2) is 6.76. The van der Waals surface area contributed by atoms with Gasteiger partial charge in [-0.2, -0.15) is 0 Å². The van der Waals surface area contributed by atoms with Crippen LogP contribution < -0.4 is 0 Å². The minimum Gasteiger partial charge on any atom is -0.508 e. The van der Waals surface area contributed by atoms with Crippen LogP contribution in [0.15, 0.2) is 48.5 Å². The van der Waals surface area contributed by atoms with E-state index in [4.69, 9.17) is 0 Å². The molecule has 0 saturated carbocycles. The molecule has 4 nitrogen and oxygen atoms in total. The highest BCUT2D eigenvalue weighted by molar-refractivity contribution is 5.74. The lowest BCUT2D eigenvalue weighted by Crippen LogP contribution is -2.34. The van der Waals surface area contributed by atoms with Gasteiger partial charge in [0.2, 0.25) is 5.91 Å². The Morgan fingerprint density at radius 2 is 1.92 bits per heavy atom. The van der Waals surface area contributed by atoms with Crippen molar-refractivity contribution in [2.75, 3.05) is 19.6 Å². The van der Waals surface area contributed by atoms with Crippen LogP contribution in [0.25, 0.3) is 0 Å². The molecule has 2 aromatic carbocycles. The average molecular weight is 350 g/mol. The number of nitrogens with zero attached hydrogens (tertiary/aromatic N) is 2. The zero-order chi connectivity index (χ0) is 18.3. The molecular formula is C22H26N2O2. The van der Waals surface area contributed by atoms with Gasteiger partial charge in [-0.05, 0) is 41.7 Å². The Hall–Kier alpha value is -2.33. The maximum atomic E-state index is 12.3. The number of carbonyl (C=O) groups is 1. The first kappa shape index (κ1) is 17.1. The molecule has 2 fully saturated rings. The molecule has 2 aromatic rings. The number of likely N-dealkylation sites (tertiary alicyclic amines) is 2. The van der Waals surface area contributed by atoms with Crippen LogP contribution in [0.1, 0.15) is 29.7 Å². The summed E-state index contributed by atoms with van der Waals surface area (Å²) in [6.45, 7) is 7.52. The van der Waals surface area contributed by atoms with Crippen molar-refractivity contribution in [3.63, 3.8) is 0 Å². The largest absolute Gasteiger partial charge is 0.508 e. The average Bonchev–Trinajstić information content (AvgIpc) is 3.13. The van der Waals surface area contributed by atoms with E-state index >= 15 is 0 Å². The van der Waals surface area contributed by atoms with Crippen LogP contribution in [-0.4, -0.2) is 40.4 Å². The smallest absolute Gasteiger partial charge is 0.219 e. The van der Waals surface area contributed by atoms with Crippen molar-refractivity contribution in [2.45, 2.75) is 26.4 Å². The van der Waals surface area contributed by atoms with Crippen molar-refractivity contribution in [1.29, 1.82) is 0 Å². The first-order chi connectivity index (χ1) is 12.5. The lowest BCUT2D eigenvalue weighted by atomic mass is 9.87. The Bertz CT molecular complexity index is 819.